The number of hydrogen-bond donors (Lipinski definition) is 2. The minimum absolute atomic E-state index is 0.0192. The number of carbonyl (C=O) groups is 1. The molecule has 1 aromatic carbocycles. The van der Waals surface area contributed by atoms with Gasteiger partial charge in [-0.15, -0.1) is 10.2 Å². The van der Waals surface area contributed by atoms with Gasteiger partial charge in [-0.3, -0.25) is 4.79 Å². The molecule has 1 saturated carbocycles. The van der Waals surface area contributed by atoms with Gasteiger partial charge >= 0.3 is 0 Å². The van der Waals surface area contributed by atoms with Gasteiger partial charge in [0.25, 0.3) is 0 Å². The Morgan fingerprint density at radius 1 is 1.27 bits per heavy atom. The quantitative estimate of drug-likeness (QED) is 0.327. The highest BCUT2D eigenvalue weighted by molar-refractivity contribution is 8.00. The lowest BCUT2D eigenvalue weighted by Crippen LogP contribution is -2.32. The average molecular weight is 476 g/mol. The van der Waals surface area contributed by atoms with Gasteiger partial charge in [0.05, 0.1) is 18.9 Å². The number of benzene rings is 1. The summed E-state index contributed by atoms with van der Waals surface area (Å²) in [7, 11) is 1.67. The largest absolute Gasteiger partial charge is 0.497 e. The second-order valence-corrected chi connectivity index (χ2v) is 9.56. The Morgan fingerprint density at radius 2 is 2.09 bits per heavy atom. The summed E-state index contributed by atoms with van der Waals surface area (Å²) in [5, 5.41) is 16.0. The van der Waals surface area contributed by atoms with Gasteiger partial charge in [0.1, 0.15) is 5.75 Å². The molecule has 0 saturated heterocycles. The summed E-state index contributed by atoms with van der Waals surface area (Å²) in [6.45, 7) is 6.45. The van der Waals surface area contributed by atoms with Crippen molar-refractivity contribution in [2.45, 2.75) is 75.4 Å². The van der Waals surface area contributed by atoms with Crippen LogP contribution in [-0.2, 0) is 16.1 Å². The Morgan fingerprint density at radius 3 is 2.85 bits per heavy atom. The number of nitrogens with one attached hydrogen (secondary N) is 2. The van der Waals surface area contributed by atoms with Gasteiger partial charge in [0, 0.05) is 37.6 Å². The highest BCUT2D eigenvalue weighted by Gasteiger charge is 2.25. The maximum Gasteiger partial charge on any atom is 0.233 e. The number of amides is 1. The van der Waals surface area contributed by atoms with Crippen LogP contribution in [0.3, 0.4) is 0 Å². The molecule has 1 aliphatic carbocycles. The van der Waals surface area contributed by atoms with Gasteiger partial charge in [-0.05, 0) is 45.2 Å². The van der Waals surface area contributed by atoms with E-state index in [1.807, 2.05) is 38.1 Å². The highest BCUT2D eigenvalue weighted by Crippen LogP contribution is 2.34. The summed E-state index contributed by atoms with van der Waals surface area (Å²) in [5.74, 6) is 1.73. The Bertz CT molecular complexity index is 870. The van der Waals surface area contributed by atoms with E-state index in [0.717, 1.165) is 41.7 Å². The summed E-state index contributed by atoms with van der Waals surface area (Å²) in [5.41, 5.74) is 0.974. The van der Waals surface area contributed by atoms with E-state index in [1.165, 1.54) is 31.0 Å². The summed E-state index contributed by atoms with van der Waals surface area (Å²) < 4.78 is 12.9. The van der Waals surface area contributed by atoms with Crippen molar-refractivity contribution in [3.8, 4) is 5.75 Å². The molecule has 9 heteroatoms. The number of aromatic nitrogens is 3. The zero-order chi connectivity index (χ0) is 23.5. The zero-order valence-corrected chi connectivity index (χ0v) is 20.8. The topological polar surface area (TPSA) is 90.3 Å². The van der Waals surface area contributed by atoms with Gasteiger partial charge in [0.15, 0.2) is 11.0 Å². The number of methoxy groups -OCH3 is 1. The van der Waals surface area contributed by atoms with Gasteiger partial charge in [-0.25, -0.2) is 0 Å². The number of carbonyl (C=O) groups excluding carboxylic acids is 1. The van der Waals surface area contributed by atoms with Crippen LogP contribution >= 0.6 is 11.8 Å². The Kier molecular flexibility index (Phi) is 10.3. The van der Waals surface area contributed by atoms with Crippen LogP contribution in [-0.4, -0.2) is 52.8 Å². The zero-order valence-electron chi connectivity index (χ0n) is 20.0. The van der Waals surface area contributed by atoms with Gasteiger partial charge in [-0.2, -0.15) is 0 Å². The third kappa shape index (κ3) is 7.64. The second-order valence-electron chi connectivity index (χ2n) is 8.25. The summed E-state index contributed by atoms with van der Waals surface area (Å²) in [6.07, 6.45) is 6.76. The summed E-state index contributed by atoms with van der Waals surface area (Å²) >= 11 is 1.49. The van der Waals surface area contributed by atoms with Crippen LogP contribution in [0.2, 0.25) is 0 Å². The third-order valence-electron chi connectivity index (χ3n) is 5.82. The molecule has 1 heterocycles. The second kappa shape index (κ2) is 13.4. The number of hydrogen-bond acceptors (Lipinski definition) is 7. The Hall–Kier alpha value is -2.26. The molecule has 33 heavy (non-hydrogen) atoms. The third-order valence-corrected chi connectivity index (χ3v) is 6.87. The molecule has 1 amide bonds. The maximum absolute atomic E-state index is 12.6. The van der Waals surface area contributed by atoms with E-state index in [4.69, 9.17) is 9.47 Å². The van der Waals surface area contributed by atoms with E-state index in [1.54, 1.807) is 7.11 Å². The fourth-order valence-corrected chi connectivity index (χ4v) is 4.98. The van der Waals surface area contributed by atoms with Crippen LogP contribution in [0.1, 0.15) is 64.2 Å². The van der Waals surface area contributed by atoms with Crippen LogP contribution < -0.4 is 15.4 Å². The smallest absolute Gasteiger partial charge is 0.233 e. The SMILES string of the molecule is CCOCCCNC(=O)C(C)Sc1nnc(CNc2cccc(OC)c2)n1C1CCCCC1. The molecule has 0 aliphatic heterocycles. The number of nitrogens with zero attached hydrogens (tertiary/aromatic N) is 3. The van der Waals surface area contributed by atoms with Crippen LogP contribution in [0.5, 0.6) is 5.75 Å². The molecule has 0 spiro atoms. The van der Waals surface area contributed by atoms with Crippen molar-refractivity contribution < 1.29 is 14.3 Å². The molecule has 3 rings (SSSR count). The van der Waals surface area contributed by atoms with Gasteiger partial charge in [0.2, 0.25) is 5.91 Å². The number of ether oxygens (including phenoxy) is 2. The molecule has 8 nitrogen and oxygen atoms in total. The van der Waals surface area contributed by atoms with Crippen molar-refractivity contribution in [1.82, 2.24) is 20.1 Å². The van der Waals surface area contributed by atoms with Crippen molar-refractivity contribution in [3.05, 3.63) is 30.1 Å². The van der Waals surface area contributed by atoms with Crippen LogP contribution in [0.15, 0.2) is 29.4 Å². The van der Waals surface area contributed by atoms with Crippen LogP contribution in [0.4, 0.5) is 5.69 Å². The number of rotatable bonds is 13. The standard InChI is InChI=1S/C24H37N5O3S/c1-4-32-15-9-14-25-23(30)18(2)33-24-28-27-22(29(24)20-11-6-5-7-12-20)17-26-19-10-8-13-21(16-19)31-3/h8,10,13,16,18,20,26H,4-7,9,11-12,14-15,17H2,1-3H3,(H,25,30). The molecule has 1 unspecified atom stereocenters. The average Bonchev–Trinajstić information content (AvgIpc) is 3.25. The lowest BCUT2D eigenvalue weighted by Gasteiger charge is -2.26. The monoisotopic (exact) mass is 475 g/mol. The minimum Gasteiger partial charge on any atom is -0.497 e. The predicted molar refractivity (Wildman–Crippen MR) is 132 cm³/mol. The molecule has 1 aliphatic rings. The summed E-state index contributed by atoms with van der Waals surface area (Å²) in [6, 6.07) is 8.24. The van der Waals surface area contributed by atoms with Crippen LogP contribution in [0, 0.1) is 0 Å². The van der Waals surface area contributed by atoms with Crippen molar-refractivity contribution in [3.63, 3.8) is 0 Å². The molecule has 2 N–H and O–H groups in total. The number of thioether (sulfide) groups is 1. The van der Waals surface area contributed by atoms with Gasteiger partial charge < -0.3 is 24.7 Å². The van der Waals surface area contributed by atoms with E-state index in [0.29, 0.717) is 32.3 Å². The predicted octanol–water partition coefficient (Wildman–Crippen LogP) is 4.43. The molecule has 182 valence electrons. The normalized spacial score (nSPS) is 15.2. The van der Waals surface area contributed by atoms with E-state index in [-0.39, 0.29) is 11.2 Å². The molecule has 0 radical (unpaired) electrons. The van der Waals surface area contributed by atoms with Crippen LogP contribution in [0.25, 0.3) is 0 Å². The Labute approximate surface area is 201 Å². The first kappa shape index (κ1) is 25.4. The lowest BCUT2D eigenvalue weighted by molar-refractivity contribution is -0.120. The first-order valence-electron chi connectivity index (χ1n) is 12.0. The lowest BCUT2D eigenvalue weighted by atomic mass is 9.95. The van der Waals surface area contributed by atoms with E-state index >= 15 is 0 Å². The summed E-state index contributed by atoms with van der Waals surface area (Å²) in [4.78, 5) is 12.6. The van der Waals surface area contributed by atoms with Crippen molar-refractivity contribution in [2.75, 3.05) is 32.2 Å². The fraction of sp³-hybridized carbons (Fsp3) is 0.625. The van der Waals surface area contributed by atoms with Crippen molar-refractivity contribution in [2.24, 2.45) is 0 Å². The number of anilines is 1. The highest BCUT2D eigenvalue weighted by atomic mass is 32.2. The molecular formula is C24H37N5O3S. The van der Waals surface area contributed by atoms with E-state index in [2.05, 4.69) is 25.4 Å². The maximum atomic E-state index is 12.6. The Balaban J connectivity index is 1.66. The molecule has 0 bridgehead atoms. The van der Waals surface area contributed by atoms with Gasteiger partial charge in [-0.1, -0.05) is 37.1 Å². The molecule has 1 fully saturated rings. The molecule has 2 aromatic rings. The van der Waals surface area contributed by atoms with Crippen molar-refractivity contribution in [1.29, 1.82) is 0 Å². The van der Waals surface area contributed by atoms with E-state index < -0.39 is 0 Å². The van der Waals surface area contributed by atoms with Crippen molar-refractivity contribution >= 4 is 23.4 Å². The van der Waals surface area contributed by atoms with E-state index in [9.17, 15) is 4.79 Å². The molecular weight excluding hydrogens is 438 g/mol. The molecule has 1 atom stereocenters. The minimum atomic E-state index is -0.247. The first-order valence-corrected chi connectivity index (χ1v) is 12.8. The first-order chi connectivity index (χ1) is 16.1. The molecule has 1 aromatic heterocycles. The fourth-order valence-electron chi connectivity index (χ4n) is 4.01.